The molecule has 0 spiro atoms. The van der Waals surface area contributed by atoms with Crippen molar-refractivity contribution in [2.24, 2.45) is 0 Å². The van der Waals surface area contributed by atoms with Crippen LogP contribution >= 0.6 is 11.8 Å². The third kappa shape index (κ3) is 7.31. The minimum absolute atomic E-state index is 0.0691. The predicted molar refractivity (Wildman–Crippen MR) is 139 cm³/mol. The molecule has 11 nitrogen and oxygen atoms in total. The number of thioether (sulfide) groups is 1. The number of carboxylic acid groups (broad SMARTS) is 1. The number of benzene rings is 2. The van der Waals surface area contributed by atoms with Crippen molar-refractivity contribution in [2.75, 3.05) is 11.1 Å². The Morgan fingerprint density at radius 1 is 1.24 bits per heavy atom. The van der Waals surface area contributed by atoms with Crippen LogP contribution in [-0.2, 0) is 31.0 Å². The van der Waals surface area contributed by atoms with E-state index in [-0.39, 0.29) is 22.8 Å². The van der Waals surface area contributed by atoms with Crippen molar-refractivity contribution in [3.05, 3.63) is 42.5 Å². The molecule has 0 aliphatic heterocycles. The molecule has 2 atom stereocenters. The van der Waals surface area contributed by atoms with E-state index in [4.69, 9.17) is 9.84 Å². The molecule has 37 heavy (non-hydrogen) atoms. The van der Waals surface area contributed by atoms with Crippen LogP contribution < -0.4 is 14.8 Å². The molecule has 0 saturated heterocycles. The van der Waals surface area contributed by atoms with Gasteiger partial charge in [-0.05, 0) is 36.9 Å². The van der Waals surface area contributed by atoms with E-state index in [0.717, 1.165) is 21.9 Å². The molecule has 3 aromatic rings. The smallest absolute Gasteiger partial charge is 0.305 e. The molecule has 1 aromatic heterocycles. The number of aldehydes is 1. The number of sulfonamides is 1. The number of hydrogen-bond acceptors (Lipinski definition) is 8. The van der Waals surface area contributed by atoms with Crippen LogP contribution in [0.15, 0.2) is 52.5 Å². The molecule has 0 fully saturated rings. The van der Waals surface area contributed by atoms with E-state index in [9.17, 15) is 22.8 Å². The van der Waals surface area contributed by atoms with Crippen LogP contribution in [0.1, 0.15) is 27.2 Å². The highest BCUT2D eigenvalue weighted by Crippen LogP contribution is 2.30. The van der Waals surface area contributed by atoms with Crippen LogP contribution in [0.5, 0.6) is 5.75 Å². The number of carbonyl (C=O) groups excluding carboxylic acids is 2. The number of fused-ring (bicyclic) bond motifs is 1. The predicted octanol–water partition coefficient (Wildman–Crippen LogP) is 2.89. The first-order chi connectivity index (χ1) is 17.5. The summed E-state index contributed by atoms with van der Waals surface area (Å²) in [4.78, 5) is 38.2. The van der Waals surface area contributed by atoms with Gasteiger partial charge in [0.05, 0.1) is 30.0 Å². The minimum atomic E-state index is -4.36. The molecule has 1 heterocycles. The molecule has 3 N–H and O–H groups in total. The molecular weight excluding hydrogens is 520 g/mol. The van der Waals surface area contributed by atoms with E-state index in [2.05, 4.69) is 15.0 Å². The number of rotatable bonds is 13. The summed E-state index contributed by atoms with van der Waals surface area (Å²) in [6.07, 6.45) is -1.04. The van der Waals surface area contributed by atoms with Crippen LogP contribution in [0.3, 0.4) is 0 Å². The van der Waals surface area contributed by atoms with Gasteiger partial charge < -0.3 is 24.5 Å². The Balaban J connectivity index is 1.95. The molecule has 1 amide bonds. The third-order valence-electron chi connectivity index (χ3n) is 5.08. The summed E-state index contributed by atoms with van der Waals surface area (Å²) in [5, 5.41) is 12.3. The van der Waals surface area contributed by atoms with Gasteiger partial charge in [0.15, 0.2) is 5.16 Å². The average Bonchev–Trinajstić information content (AvgIpc) is 3.15. The number of anilines is 1. The highest BCUT2D eigenvalue weighted by Gasteiger charge is 2.26. The maximum atomic E-state index is 13.1. The summed E-state index contributed by atoms with van der Waals surface area (Å²) >= 11 is 1.57. The van der Waals surface area contributed by atoms with E-state index in [1.54, 1.807) is 18.7 Å². The van der Waals surface area contributed by atoms with Crippen molar-refractivity contribution in [3.63, 3.8) is 0 Å². The van der Waals surface area contributed by atoms with Crippen LogP contribution in [0, 0.1) is 0 Å². The van der Waals surface area contributed by atoms with Crippen LogP contribution in [0.25, 0.3) is 11.0 Å². The van der Waals surface area contributed by atoms with Crippen LogP contribution in [0.4, 0.5) is 5.69 Å². The highest BCUT2D eigenvalue weighted by atomic mass is 32.2. The van der Waals surface area contributed by atoms with Gasteiger partial charge in [-0.3, -0.25) is 9.59 Å². The number of carbonyl (C=O) groups is 3. The van der Waals surface area contributed by atoms with E-state index < -0.39 is 34.6 Å². The van der Waals surface area contributed by atoms with E-state index in [0.29, 0.717) is 12.2 Å². The number of nitrogens with zero attached hydrogens (tertiary/aromatic N) is 2. The van der Waals surface area contributed by atoms with Crippen LogP contribution in [0.2, 0.25) is 0 Å². The maximum Gasteiger partial charge on any atom is 0.305 e. The number of imidazole rings is 1. The first kappa shape index (κ1) is 28.2. The number of hydrogen-bond donors (Lipinski definition) is 3. The SMILES string of the molecule is CCSc1nc2ccccc2n1CC(C)Oc1cc(NC(C)=O)ccc1S(=O)(=O)NC(C=O)CC(=O)O. The quantitative estimate of drug-likeness (QED) is 0.216. The summed E-state index contributed by atoms with van der Waals surface area (Å²) in [5.74, 6) is -0.958. The molecule has 2 unspecified atom stereocenters. The summed E-state index contributed by atoms with van der Waals surface area (Å²) in [5.41, 5.74) is 2.03. The fraction of sp³-hybridized carbons (Fsp3) is 0.333. The lowest BCUT2D eigenvalue weighted by atomic mass is 10.2. The molecular formula is C24H28N4O7S2. The van der Waals surface area contributed by atoms with E-state index in [1.165, 1.54) is 25.1 Å². The second-order valence-electron chi connectivity index (χ2n) is 8.16. The fourth-order valence-corrected chi connectivity index (χ4v) is 5.69. The Labute approximate surface area is 218 Å². The standard InChI is InChI=1S/C24H28N4O7S2/c1-4-36-24-26-19-7-5-6-8-20(19)28(24)13-15(2)35-21-11-17(25-16(3)30)9-10-22(21)37(33,34)27-18(14-29)12-23(31)32/h5-11,14-15,18,27H,4,12-13H2,1-3H3,(H,25,30)(H,31,32). The Kier molecular flexibility index (Phi) is 9.29. The fourth-order valence-electron chi connectivity index (χ4n) is 3.65. The van der Waals surface area contributed by atoms with Crippen molar-refractivity contribution in [2.45, 2.75) is 55.9 Å². The zero-order valence-electron chi connectivity index (χ0n) is 20.5. The van der Waals surface area contributed by atoms with Crippen molar-refractivity contribution in [1.29, 1.82) is 0 Å². The Hall–Kier alpha value is -3.42. The second kappa shape index (κ2) is 12.2. The summed E-state index contributed by atoms with van der Waals surface area (Å²) in [6.45, 7) is 5.44. The van der Waals surface area contributed by atoms with Gasteiger partial charge in [-0.2, -0.15) is 0 Å². The topological polar surface area (TPSA) is 157 Å². The Morgan fingerprint density at radius 2 is 1.97 bits per heavy atom. The van der Waals surface area contributed by atoms with Crippen molar-refractivity contribution < 1.29 is 32.6 Å². The number of aliphatic carboxylic acids is 1. The van der Waals surface area contributed by atoms with Crippen LogP contribution in [-0.4, -0.2) is 59.1 Å². The molecule has 0 saturated carbocycles. The van der Waals surface area contributed by atoms with Gasteiger partial charge >= 0.3 is 5.97 Å². The number of amides is 1. The monoisotopic (exact) mass is 548 g/mol. The van der Waals surface area contributed by atoms with Gasteiger partial charge in [-0.15, -0.1) is 0 Å². The zero-order chi connectivity index (χ0) is 27.2. The van der Waals surface area contributed by atoms with Gasteiger partial charge in [0, 0.05) is 18.7 Å². The molecule has 198 valence electrons. The Morgan fingerprint density at radius 3 is 2.62 bits per heavy atom. The second-order valence-corrected chi connectivity index (χ2v) is 11.1. The number of carboxylic acids is 1. The molecule has 0 radical (unpaired) electrons. The first-order valence-corrected chi connectivity index (χ1v) is 13.9. The molecule has 2 aromatic carbocycles. The lowest BCUT2D eigenvalue weighted by molar-refractivity contribution is -0.138. The van der Waals surface area contributed by atoms with Crippen molar-refractivity contribution >= 4 is 56.7 Å². The lowest BCUT2D eigenvalue weighted by Crippen LogP contribution is -2.37. The lowest BCUT2D eigenvalue weighted by Gasteiger charge is -2.21. The van der Waals surface area contributed by atoms with Gasteiger partial charge in [0.25, 0.3) is 0 Å². The highest BCUT2D eigenvalue weighted by molar-refractivity contribution is 7.99. The normalized spacial score (nSPS) is 13.2. The van der Waals surface area contributed by atoms with E-state index in [1.807, 2.05) is 35.8 Å². The number of ether oxygens (including phenoxy) is 1. The minimum Gasteiger partial charge on any atom is -0.487 e. The van der Waals surface area contributed by atoms with E-state index >= 15 is 0 Å². The van der Waals surface area contributed by atoms with Gasteiger partial charge in [-0.1, -0.05) is 30.8 Å². The number of aromatic nitrogens is 2. The summed E-state index contributed by atoms with van der Waals surface area (Å²) in [7, 11) is -4.36. The third-order valence-corrected chi connectivity index (χ3v) is 7.47. The summed E-state index contributed by atoms with van der Waals surface area (Å²) < 4.78 is 36.4. The van der Waals surface area contributed by atoms with Gasteiger partial charge in [-0.25, -0.2) is 18.1 Å². The zero-order valence-corrected chi connectivity index (χ0v) is 22.1. The van der Waals surface area contributed by atoms with Gasteiger partial charge in [0.1, 0.15) is 23.0 Å². The first-order valence-electron chi connectivity index (χ1n) is 11.4. The van der Waals surface area contributed by atoms with Crippen molar-refractivity contribution in [3.8, 4) is 5.75 Å². The number of para-hydroxylation sites is 2. The largest absolute Gasteiger partial charge is 0.487 e. The summed E-state index contributed by atoms with van der Waals surface area (Å²) in [6, 6.07) is 10.2. The Bertz CT molecular complexity index is 1410. The molecule has 0 bridgehead atoms. The maximum absolute atomic E-state index is 13.1. The molecule has 3 rings (SSSR count). The average molecular weight is 549 g/mol. The van der Waals surface area contributed by atoms with Gasteiger partial charge in [0.2, 0.25) is 15.9 Å². The molecule has 0 aliphatic rings. The van der Waals surface area contributed by atoms with Crippen molar-refractivity contribution in [1.82, 2.24) is 14.3 Å². The molecule has 13 heteroatoms. The molecule has 0 aliphatic carbocycles. The number of nitrogens with one attached hydrogen (secondary N) is 2.